The van der Waals surface area contributed by atoms with Gasteiger partial charge in [-0.15, -0.1) is 0 Å². The molecule has 0 aliphatic rings. The van der Waals surface area contributed by atoms with Gasteiger partial charge in [0.1, 0.15) is 6.61 Å². The average molecular weight is 195 g/mol. The van der Waals surface area contributed by atoms with Crippen molar-refractivity contribution in [1.82, 2.24) is 0 Å². The lowest BCUT2D eigenvalue weighted by Gasteiger charge is -1.97. The Morgan fingerprint density at radius 1 is 1.67 bits per heavy atom. The predicted molar refractivity (Wildman–Crippen MR) is 40.0 cm³/mol. The van der Waals surface area contributed by atoms with E-state index in [9.17, 15) is 13.6 Å². The largest absolute Gasteiger partial charge is 0.457 e. The van der Waals surface area contributed by atoms with Crippen LogP contribution >= 0.6 is 0 Å². The minimum absolute atomic E-state index is 0.301. The molecule has 0 aliphatic heterocycles. The summed E-state index contributed by atoms with van der Waals surface area (Å²) in [6.45, 7) is 2.81. The number of hydrogen-bond acceptors (Lipinski definition) is 5. The summed E-state index contributed by atoms with van der Waals surface area (Å²) in [5, 5.41) is 0. The van der Waals surface area contributed by atoms with Gasteiger partial charge in [-0.2, -0.15) is 5.90 Å². The summed E-state index contributed by atoms with van der Waals surface area (Å²) in [5.41, 5.74) is 0. The molecule has 1 atom stereocenters. The van der Waals surface area contributed by atoms with E-state index < -0.39 is 22.2 Å². The monoisotopic (exact) mass is 195 g/mol. The van der Waals surface area contributed by atoms with Crippen LogP contribution in [0.25, 0.3) is 0 Å². The topological polar surface area (TPSA) is 98.5 Å². The molecule has 6 nitrogen and oxygen atoms in total. The summed E-state index contributed by atoms with van der Waals surface area (Å²) in [6.07, 6.45) is 0.927. The summed E-state index contributed by atoms with van der Waals surface area (Å²) in [6, 6.07) is 0. The Kier molecular flexibility index (Phi) is 4.67. The lowest BCUT2D eigenvalue weighted by Crippen LogP contribution is -2.24. The Morgan fingerprint density at radius 2 is 2.25 bits per heavy atom. The highest BCUT2D eigenvalue weighted by Crippen LogP contribution is 1.98. The minimum atomic E-state index is -3.76. The summed E-state index contributed by atoms with van der Waals surface area (Å²) in [5.74, 6) is 3.25. The molecule has 0 saturated heterocycles. The smallest absolute Gasteiger partial charge is 0.416 e. The number of carbonyl (C=O) groups excluding carboxylic acids is 1. The Morgan fingerprint density at radius 3 is 2.67 bits per heavy atom. The normalized spacial score (nSPS) is 14.8. The molecule has 69 valence electrons. The second kappa shape index (κ2) is 4.99. The lowest BCUT2D eigenvalue weighted by molar-refractivity contribution is -0.137. The van der Waals surface area contributed by atoms with Crippen LogP contribution in [0.4, 0.5) is 0 Å². The van der Waals surface area contributed by atoms with E-state index in [1.54, 1.807) is 0 Å². The number of hydrogen-bond donors (Lipinski definition) is 1. The molecular formula is C5H9NO5S+. The third-order valence-electron chi connectivity index (χ3n) is 0.891. The standard InChI is InChI=1S/C5H9NO5S/c1-2-5(7)10-3-4-12(8,9)11-6/h2H,1,3-4,6H2/q+1. The van der Waals surface area contributed by atoms with Gasteiger partial charge in [-0.1, -0.05) is 6.58 Å². The number of rotatable bonds is 5. The van der Waals surface area contributed by atoms with E-state index in [0.29, 0.717) is 0 Å². The molecule has 0 aromatic carbocycles. The number of nitrogens with two attached hydrogens (primary N) is 1. The van der Waals surface area contributed by atoms with Crippen LogP contribution < -0.4 is 5.90 Å². The van der Waals surface area contributed by atoms with Crippen LogP contribution in [-0.4, -0.2) is 18.3 Å². The van der Waals surface area contributed by atoms with E-state index in [1.165, 1.54) is 0 Å². The Labute approximate surface area is 70.7 Å². The summed E-state index contributed by atoms with van der Waals surface area (Å²) >= 11 is 0. The molecule has 0 aromatic heterocycles. The van der Waals surface area contributed by atoms with Gasteiger partial charge in [0.2, 0.25) is 5.75 Å². The maximum atomic E-state index is 10.5. The molecule has 1 radical (unpaired) electrons. The summed E-state index contributed by atoms with van der Waals surface area (Å²) in [7, 11) is -3.76. The molecule has 0 aromatic rings. The van der Waals surface area contributed by atoms with Crippen molar-refractivity contribution in [1.29, 1.82) is 0 Å². The van der Waals surface area contributed by atoms with Crippen molar-refractivity contribution in [3.63, 3.8) is 0 Å². The Balaban J connectivity index is 3.63. The molecule has 7 heteroatoms. The van der Waals surface area contributed by atoms with Gasteiger partial charge >= 0.3 is 16.5 Å². The Hall–Kier alpha value is -0.760. The maximum Gasteiger partial charge on any atom is 0.416 e. The summed E-state index contributed by atoms with van der Waals surface area (Å²) in [4.78, 5) is 10.4. The molecule has 0 fully saturated rings. The van der Waals surface area contributed by atoms with Crippen molar-refractivity contribution in [2.45, 2.75) is 0 Å². The van der Waals surface area contributed by atoms with Crippen molar-refractivity contribution < 1.29 is 22.6 Å². The third kappa shape index (κ3) is 4.97. The van der Waals surface area contributed by atoms with E-state index >= 15 is 0 Å². The molecule has 0 saturated carbocycles. The third-order valence-corrected chi connectivity index (χ3v) is 1.85. The number of carbonyl (C=O) groups is 1. The first kappa shape index (κ1) is 11.2. The van der Waals surface area contributed by atoms with E-state index in [-0.39, 0.29) is 6.61 Å². The lowest BCUT2D eigenvalue weighted by atomic mass is 10.6. The molecule has 2 N–H and O–H groups in total. The van der Waals surface area contributed by atoms with Crippen LogP contribution in [0.2, 0.25) is 0 Å². The first-order valence-electron chi connectivity index (χ1n) is 2.92. The average Bonchev–Trinajstić information content (AvgIpc) is 2.04. The van der Waals surface area contributed by atoms with Crippen molar-refractivity contribution in [3.8, 4) is 0 Å². The molecule has 1 unspecified atom stereocenters. The van der Waals surface area contributed by atoms with E-state index in [1.807, 2.05) is 0 Å². The van der Waals surface area contributed by atoms with Crippen LogP contribution in [0, 0.1) is 0 Å². The van der Waals surface area contributed by atoms with E-state index in [2.05, 4.69) is 21.5 Å². The first-order valence-corrected chi connectivity index (χ1v) is 4.50. The molecule has 0 spiro atoms. The molecule has 12 heavy (non-hydrogen) atoms. The van der Waals surface area contributed by atoms with Crippen LogP contribution in [0.3, 0.4) is 0 Å². The van der Waals surface area contributed by atoms with E-state index in [4.69, 9.17) is 0 Å². The Bertz CT molecular complexity index is 216. The maximum absolute atomic E-state index is 10.5. The van der Waals surface area contributed by atoms with Crippen LogP contribution in [-0.2, 0) is 33.1 Å². The quantitative estimate of drug-likeness (QED) is 0.272. The van der Waals surface area contributed by atoms with Gasteiger partial charge in [0.05, 0.1) is 4.55 Å². The highest BCUT2D eigenvalue weighted by Gasteiger charge is 2.29. The molecule has 0 amide bonds. The van der Waals surface area contributed by atoms with Gasteiger partial charge in [-0.3, -0.25) is 0 Å². The van der Waals surface area contributed by atoms with E-state index in [0.717, 1.165) is 6.08 Å². The van der Waals surface area contributed by atoms with Crippen molar-refractivity contribution in [2.75, 3.05) is 12.4 Å². The van der Waals surface area contributed by atoms with Crippen molar-refractivity contribution >= 4 is 16.5 Å². The van der Waals surface area contributed by atoms with Gasteiger partial charge in [-0.05, 0) is 8.49 Å². The molecule has 0 rings (SSSR count). The fourth-order valence-electron chi connectivity index (χ4n) is 0.351. The number of ether oxygens (including phenoxy) is 1. The van der Waals surface area contributed by atoms with Crippen LogP contribution in [0.1, 0.15) is 0 Å². The predicted octanol–water partition coefficient (Wildman–Crippen LogP) is -0.634. The summed E-state index contributed by atoms with van der Waals surface area (Å²) < 4.78 is 29.0. The van der Waals surface area contributed by atoms with Gasteiger partial charge in [0.25, 0.3) is 0 Å². The second-order valence-corrected chi connectivity index (χ2v) is 3.45. The highest BCUT2D eigenvalue weighted by molar-refractivity contribution is 7.92. The fourth-order valence-corrected chi connectivity index (χ4v) is 0.735. The molecule has 0 heterocycles. The first-order chi connectivity index (χ1) is 5.52. The van der Waals surface area contributed by atoms with Crippen LogP contribution in [0.15, 0.2) is 12.7 Å². The zero-order valence-electron chi connectivity index (χ0n) is 6.23. The number of esters is 1. The van der Waals surface area contributed by atoms with Crippen molar-refractivity contribution in [3.05, 3.63) is 12.7 Å². The molecule has 0 bridgehead atoms. The fraction of sp³-hybridized carbons (Fsp3) is 0.400. The minimum Gasteiger partial charge on any atom is -0.457 e. The van der Waals surface area contributed by atoms with Crippen LogP contribution in [0.5, 0.6) is 0 Å². The van der Waals surface area contributed by atoms with Gasteiger partial charge < -0.3 is 4.74 Å². The highest BCUT2D eigenvalue weighted by atomic mass is 32.3. The molecular weight excluding hydrogens is 186 g/mol. The van der Waals surface area contributed by atoms with Gasteiger partial charge in [0, 0.05) is 6.08 Å². The second-order valence-electron chi connectivity index (χ2n) is 1.73. The van der Waals surface area contributed by atoms with Gasteiger partial charge in [0.15, 0.2) is 0 Å². The van der Waals surface area contributed by atoms with Gasteiger partial charge in [-0.25, -0.2) is 4.79 Å². The van der Waals surface area contributed by atoms with Crippen molar-refractivity contribution in [2.24, 2.45) is 5.90 Å². The SMILES string of the molecule is C=CC(=O)OCC[S+]([O])(=O)ON. The zero-order chi connectivity index (χ0) is 9.61. The zero-order valence-corrected chi connectivity index (χ0v) is 7.04. The molecule has 0 aliphatic carbocycles.